The highest BCUT2D eigenvalue weighted by atomic mass is 16.3. The van der Waals surface area contributed by atoms with Gasteiger partial charge >= 0.3 is 6.03 Å². The van der Waals surface area contributed by atoms with Crippen molar-refractivity contribution in [3.05, 3.63) is 29.3 Å². The highest BCUT2D eigenvalue weighted by Gasteiger charge is 2.25. The zero-order chi connectivity index (χ0) is 17.1. The third-order valence-corrected chi connectivity index (χ3v) is 3.69. The van der Waals surface area contributed by atoms with Gasteiger partial charge in [-0.1, -0.05) is 19.4 Å². The SMILES string of the molecule is CCCCc1ccc2c(c1)c(C(=O)NC(C)C)c(O)n2C(N)=O. The molecule has 0 bridgehead atoms. The van der Waals surface area contributed by atoms with E-state index in [0.717, 1.165) is 29.4 Å². The standard InChI is InChI=1S/C17H23N3O3/c1-4-5-6-11-7-8-13-12(9-11)14(15(21)19-10(2)3)16(22)20(13)17(18)23/h7-10,22H,4-6H2,1-3H3,(H2,18,23)(H,19,21). The van der Waals surface area contributed by atoms with Crippen molar-refractivity contribution >= 4 is 22.8 Å². The van der Waals surface area contributed by atoms with Gasteiger partial charge in [-0.05, 0) is 44.4 Å². The summed E-state index contributed by atoms with van der Waals surface area (Å²) in [7, 11) is 0. The minimum atomic E-state index is -0.822. The molecule has 0 aliphatic carbocycles. The number of nitrogens with zero attached hydrogens (tertiary/aromatic N) is 1. The van der Waals surface area contributed by atoms with Gasteiger partial charge in [0.15, 0.2) is 0 Å². The highest BCUT2D eigenvalue weighted by Crippen LogP contribution is 2.32. The fourth-order valence-corrected chi connectivity index (χ4v) is 2.64. The molecule has 6 nitrogen and oxygen atoms in total. The van der Waals surface area contributed by atoms with Gasteiger partial charge in [0, 0.05) is 11.4 Å². The minimum absolute atomic E-state index is 0.0860. The van der Waals surface area contributed by atoms with E-state index in [4.69, 9.17) is 5.73 Å². The van der Waals surface area contributed by atoms with E-state index in [2.05, 4.69) is 12.2 Å². The number of hydrogen-bond acceptors (Lipinski definition) is 3. The third kappa shape index (κ3) is 3.31. The molecule has 0 spiro atoms. The zero-order valence-corrected chi connectivity index (χ0v) is 13.7. The fourth-order valence-electron chi connectivity index (χ4n) is 2.64. The summed E-state index contributed by atoms with van der Waals surface area (Å²) in [6.07, 6.45) is 2.97. The first-order valence-corrected chi connectivity index (χ1v) is 7.83. The lowest BCUT2D eigenvalue weighted by Gasteiger charge is -2.08. The van der Waals surface area contributed by atoms with Gasteiger partial charge in [-0.25, -0.2) is 9.36 Å². The Bertz CT molecular complexity index is 747. The molecule has 0 fully saturated rings. The van der Waals surface area contributed by atoms with E-state index in [1.54, 1.807) is 6.07 Å². The number of unbranched alkanes of at least 4 members (excludes halogenated alkanes) is 1. The van der Waals surface area contributed by atoms with Crippen molar-refractivity contribution in [2.24, 2.45) is 5.73 Å². The van der Waals surface area contributed by atoms with Crippen LogP contribution >= 0.6 is 0 Å². The van der Waals surface area contributed by atoms with Crippen LogP contribution in [0.5, 0.6) is 5.88 Å². The maximum Gasteiger partial charge on any atom is 0.326 e. The molecule has 124 valence electrons. The number of aromatic hydroxyl groups is 1. The first-order chi connectivity index (χ1) is 10.9. The Morgan fingerprint density at radius 1 is 1.35 bits per heavy atom. The van der Waals surface area contributed by atoms with E-state index in [9.17, 15) is 14.7 Å². The Labute approximate surface area is 135 Å². The van der Waals surface area contributed by atoms with Crippen molar-refractivity contribution in [1.29, 1.82) is 0 Å². The number of amides is 2. The quantitative estimate of drug-likeness (QED) is 0.791. The number of carbonyl (C=O) groups excluding carboxylic acids is 2. The molecule has 0 aliphatic heterocycles. The smallest absolute Gasteiger partial charge is 0.326 e. The molecule has 1 heterocycles. The number of aromatic nitrogens is 1. The Hall–Kier alpha value is -2.50. The van der Waals surface area contributed by atoms with E-state index in [1.165, 1.54) is 0 Å². The van der Waals surface area contributed by atoms with Crippen molar-refractivity contribution in [3.8, 4) is 5.88 Å². The Morgan fingerprint density at radius 3 is 2.61 bits per heavy atom. The predicted octanol–water partition coefficient (Wildman–Crippen LogP) is 2.75. The molecular formula is C17H23N3O3. The summed E-state index contributed by atoms with van der Waals surface area (Å²) in [6.45, 7) is 5.76. The van der Waals surface area contributed by atoms with Crippen molar-refractivity contribution in [2.75, 3.05) is 0 Å². The summed E-state index contributed by atoms with van der Waals surface area (Å²) in [6, 6.07) is 4.55. The molecule has 4 N–H and O–H groups in total. The lowest BCUT2D eigenvalue weighted by atomic mass is 10.0. The maximum absolute atomic E-state index is 12.4. The fraction of sp³-hybridized carbons (Fsp3) is 0.412. The van der Waals surface area contributed by atoms with Gasteiger partial charge in [-0.2, -0.15) is 0 Å². The average Bonchev–Trinajstić information content (AvgIpc) is 2.75. The van der Waals surface area contributed by atoms with Crippen LogP contribution in [0.4, 0.5) is 4.79 Å². The molecule has 0 radical (unpaired) electrons. The predicted molar refractivity (Wildman–Crippen MR) is 89.8 cm³/mol. The van der Waals surface area contributed by atoms with Crippen molar-refractivity contribution in [3.63, 3.8) is 0 Å². The van der Waals surface area contributed by atoms with Gasteiger partial charge < -0.3 is 16.2 Å². The van der Waals surface area contributed by atoms with Crippen molar-refractivity contribution < 1.29 is 14.7 Å². The molecule has 1 aromatic heterocycles. The van der Waals surface area contributed by atoms with Crippen LogP contribution in [0, 0.1) is 0 Å². The molecule has 1 aromatic carbocycles. The number of fused-ring (bicyclic) bond motifs is 1. The van der Waals surface area contributed by atoms with E-state index in [0.29, 0.717) is 10.9 Å². The minimum Gasteiger partial charge on any atom is -0.494 e. The average molecular weight is 317 g/mol. The molecule has 23 heavy (non-hydrogen) atoms. The van der Waals surface area contributed by atoms with Crippen LogP contribution in [-0.2, 0) is 6.42 Å². The topological polar surface area (TPSA) is 97.3 Å². The first-order valence-electron chi connectivity index (χ1n) is 7.83. The van der Waals surface area contributed by atoms with Gasteiger partial charge in [-0.3, -0.25) is 4.79 Å². The lowest BCUT2D eigenvalue weighted by molar-refractivity contribution is 0.0942. The van der Waals surface area contributed by atoms with Crippen LogP contribution in [0.1, 0.15) is 49.5 Å². The van der Waals surface area contributed by atoms with Crippen LogP contribution in [0.15, 0.2) is 18.2 Å². The van der Waals surface area contributed by atoms with Crippen LogP contribution in [0.25, 0.3) is 10.9 Å². The zero-order valence-electron chi connectivity index (χ0n) is 13.7. The normalized spacial score (nSPS) is 11.1. The summed E-state index contributed by atoms with van der Waals surface area (Å²) in [5.74, 6) is -0.839. The molecule has 2 amide bonds. The lowest BCUT2D eigenvalue weighted by Crippen LogP contribution is -2.30. The molecule has 0 atom stereocenters. The van der Waals surface area contributed by atoms with Crippen LogP contribution in [0.3, 0.4) is 0 Å². The van der Waals surface area contributed by atoms with E-state index < -0.39 is 17.8 Å². The second kappa shape index (κ2) is 6.73. The molecule has 2 rings (SSSR count). The summed E-state index contributed by atoms with van der Waals surface area (Å²) in [5, 5.41) is 13.6. The Kier molecular flexibility index (Phi) is 4.93. The van der Waals surface area contributed by atoms with Gasteiger partial charge in [0.1, 0.15) is 5.56 Å². The van der Waals surface area contributed by atoms with Gasteiger partial charge in [0.05, 0.1) is 5.52 Å². The summed E-state index contributed by atoms with van der Waals surface area (Å²) >= 11 is 0. The van der Waals surface area contributed by atoms with Gasteiger partial charge in [0.2, 0.25) is 5.88 Å². The number of aryl methyl sites for hydroxylation is 1. The number of hydrogen-bond donors (Lipinski definition) is 3. The van der Waals surface area contributed by atoms with E-state index in [-0.39, 0.29) is 11.6 Å². The van der Waals surface area contributed by atoms with Gasteiger partial charge in [-0.15, -0.1) is 0 Å². The first kappa shape index (κ1) is 16.9. The summed E-state index contributed by atoms with van der Waals surface area (Å²) in [5.41, 5.74) is 6.92. The molecule has 2 aromatic rings. The van der Waals surface area contributed by atoms with E-state index >= 15 is 0 Å². The molecule has 0 aliphatic rings. The van der Waals surface area contributed by atoms with Crippen LogP contribution in [0.2, 0.25) is 0 Å². The number of nitrogens with one attached hydrogen (secondary N) is 1. The molecular weight excluding hydrogens is 294 g/mol. The Morgan fingerprint density at radius 2 is 2.04 bits per heavy atom. The van der Waals surface area contributed by atoms with Crippen LogP contribution in [-0.4, -0.2) is 27.7 Å². The summed E-state index contributed by atoms with van der Waals surface area (Å²) < 4.78 is 0.966. The second-order valence-corrected chi connectivity index (χ2v) is 5.96. The summed E-state index contributed by atoms with van der Waals surface area (Å²) in [4.78, 5) is 24.1. The van der Waals surface area contributed by atoms with Crippen molar-refractivity contribution in [1.82, 2.24) is 9.88 Å². The van der Waals surface area contributed by atoms with Crippen molar-refractivity contribution in [2.45, 2.75) is 46.1 Å². The van der Waals surface area contributed by atoms with Gasteiger partial charge in [0.25, 0.3) is 5.91 Å². The number of nitrogens with two attached hydrogens (primary N) is 1. The highest BCUT2D eigenvalue weighted by molar-refractivity contribution is 6.12. The number of primary amides is 1. The van der Waals surface area contributed by atoms with E-state index in [1.807, 2.05) is 26.0 Å². The molecule has 6 heteroatoms. The second-order valence-electron chi connectivity index (χ2n) is 5.96. The molecule has 0 unspecified atom stereocenters. The number of rotatable bonds is 5. The monoisotopic (exact) mass is 317 g/mol. The molecule has 0 saturated heterocycles. The number of carbonyl (C=O) groups is 2. The number of benzene rings is 1. The molecule has 0 saturated carbocycles. The Balaban J connectivity index is 2.64. The third-order valence-electron chi connectivity index (χ3n) is 3.69. The van der Waals surface area contributed by atoms with Crippen LogP contribution < -0.4 is 11.1 Å². The maximum atomic E-state index is 12.4. The largest absolute Gasteiger partial charge is 0.494 e.